The maximum absolute atomic E-state index is 12.4. The van der Waals surface area contributed by atoms with Crippen LogP contribution in [0, 0.1) is 0 Å². The summed E-state index contributed by atoms with van der Waals surface area (Å²) < 4.78 is 23.1. The third kappa shape index (κ3) is 9.45. The van der Waals surface area contributed by atoms with E-state index in [-0.39, 0.29) is 19.6 Å². The summed E-state index contributed by atoms with van der Waals surface area (Å²) in [6.45, 7) is 9.13. The topological polar surface area (TPSA) is 190 Å². The van der Waals surface area contributed by atoms with Gasteiger partial charge >= 0.3 is 17.6 Å². The summed E-state index contributed by atoms with van der Waals surface area (Å²) in [5, 5.41) is 27.5. The molecule has 0 aromatic carbocycles. The number of nitrogens with one attached hydrogen (secondary N) is 3. The SMILES string of the molecule is CCCCOC(=O)[C@H](C)NP(CO[C@@]1(C)O[C@@H](n2ccc(=O)[nH]c2=O)[C@H](O)[C@@H]1O)N[C@@H](C)C(=O)OCCCC. The first-order valence-corrected chi connectivity index (χ1v) is 14.6. The Morgan fingerprint density at radius 2 is 1.64 bits per heavy atom. The fourth-order valence-corrected chi connectivity index (χ4v) is 5.33. The predicted octanol–water partition coefficient (Wildman–Crippen LogP) is 0.432. The molecular weight excluding hydrogens is 535 g/mol. The van der Waals surface area contributed by atoms with Crippen molar-refractivity contribution in [1.29, 1.82) is 0 Å². The van der Waals surface area contributed by atoms with Gasteiger partial charge in [0.2, 0.25) is 0 Å². The number of rotatable bonds is 16. The number of hydrogen-bond acceptors (Lipinski definition) is 12. The van der Waals surface area contributed by atoms with E-state index in [9.17, 15) is 29.4 Å². The lowest BCUT2D eigenvalue weighted by Crippen LogP contribution is -2.45. The van der Waals surface area contributed by atoms with Crippen LogP contribution >= 0.6 is 8.22 Å². The lowest BCUT2D eigenvalue weighted by atomic mass is 10.1. The number of carbonyl (C=O) groups excluding carboxylic acids is 2. The molecule has 1 aromatic rings. The van der Waals surface area contributed by atoms with E-state index < -0.39 is 67.7 Å². The minimum absolute atomic E-state index is 0.179. The van der Waals surface area contributed by atoms with E-state index in [4.69, 9.17) is 18.9 Å². The summed E-state index contributed by atoms with van der Waals surface area (Å²) in [5.74, 6) is -2.74. The number of nitrogens with zero attached hydrogens (tertiary/aromatic N) is 1. The molecule has 14 nitrogen and oxygen atoms in total. The number of aliphatic hydroxyl groups excluding tert-OH is 2. The van der Waals surface area contributed by atoms with Gasteiger partial charge in [-0.25, -0.2) is 4.79 Å². The number of hydrogen-bond donors (Lipinski definition) is 5. The molecule has 222 valence electrons. The molecule has 2 heterocycles. The van der Waals surface area contributed by atoms with Gasteiger partial charge in [-0.3, -0.25) is 34.1 Å². The second-order valence-electron chi connectivity index (χ2n) is 9.42. The largest absolute Gasteiger partial charge is 0.465 e. The summed E-state index contributed by atoms with van der Waals surface area (Å²) >= 11 is 0. The highest BCUT2D eigenvalue weighted by molar-refractivity contribution is 7.53. The third-order valence-corrected chi connectivity index (χ3v) is 7.79. The average Bonchev–Trinajstić information content (AvgIpc) is 3.11. The molecule has 15 heteroatoms. The third-order valence-electron chi connectivity index (χ3n) is 6.00. The molecule has 0 spiro atoms. The zero-order valence-electron chi connectivity index (χ0n) is 23.0. The van der Waals surface area contributed by atoms with Gasteiger partial charge in [0.05, 0.1) is 27.8 Å². The minimum Gasteiger partial charge on any atom is -0.465 e. The lowest BCUT2D eigenvalue weighted by molar-refractivity contribution is -0.246. The highest BCUT2D eigenvalue weighted by atomic mass is 31.1. The molecule has 1 aliphatic heterocycles. The number of aliphatic hydroxyl groups is 2. The summed E-state index contributed by atoms with van der Waals surface area (Å²) in [5.41, 5.74) is -1.46. The van der Waals surface area contributed by atoms with Crippen LogP contribution < -0.4 is 21.4 Å². The molecule has 1 aliphatic rings. The molecule has 0 unspecified atom stereocenters. The molecule has 2 rings (SSSR count). The van der Waals surface area contributed by atoms with Crippen LogP contribution in [0.1, 0.15) is 66.5 Å². The van der Waals surface area contributed by atoms with Gasteiger partial charge in [-0.1, -0.05) is 26.7 Å². The van der Waals surface area contributed by atoms with E-state index in [1.165, 1.54) is 6.92 Å². The van der Waals surface area contributed by atoms with Crippen molar-refractivity contribution in [3.05, 3.63) is 33.1 Å². The van der Waals surface area contributed by atoms with E-state index >= 15 is 0 Å². The monoisotopic (exact) mass is 576 g/mol. The maximum Gasteiger partial charge on any atom is 0.330 e. The Kier molecular flexibility index (Phi) is 13.2. The normalized spacial score (nSPS) is 24.5. The van der Waals surface area contributed by atoms with Gasteiger partial charge in [0, 0.05) is 12.3 Å². The smallest absolute Gasteiger partial charge is 0.330 e. The molecule has 0 saturated carbocycles. The fraction of sp³-hybridized carbons (Fsp3) is 0.750. The number of aromatic nitrogens is 2. The van der Waals surface area contributed by atoms with E-state index in [0.717, 1.165) is 42.5 Å². The Balaban J connectivity index is 2.14. The van der Waals surface area contributed by atoms with Crippen molar-refractivity contribution in [3.63, 3.8) is 0 Å². The van der Waals surface area contributed by atoms with Gasteiger partial charge in [-0.2, -0.15) is 0 Å². The Labute approximate surface area is 228 Å². The highest BCUT2D eigenvalue weighted by Crippen LogP contribution is 2.40. The van der Waals surface area contributed by atoms with Crippen LogP contribution in [0.3, 0.4) is 0 Å². The molecule has 0 amide bonds. The number of H-pyrrole nitrogens is 1. The van der Waals surface area contributed by atoms with Crippen LogP contribution in [0.15, 0.2) is 21.9 Å². The number of carbonyl (C=O) groups is 2. The van der Waals surface area contributed by atoms with E-state index in [2.05, 4.69) is 15.2 Å². The quantitative estimate of drug-likeness (QED) is 0.104. The molecular formula is C24H41N4O10P. The molecule has 0 aliphatic carbocycles. The Morgan fingerprint density at radius 1 is 1.10 bits per heavy atom. The van der Waals surface area contributed by atoms with Crippen molar-refractivity contribution in [2.24, 2.45) is 0 Å². The van der Waals surface area contributed by atoms with Gasteiger partial charge in [-0.05, 0) is 33.6 Å². The second-order valence-corrected chi connectivity index (χ2v) is 11.1. The first-order valence-electron chi connectivity index (χ1n) is 13.1. The number of aromatic amines is 1. The Hall–Kier alpha value is -2.19. The molecule has 5 N–H and O–H groups in total. The van der Waals surface area contributed by atoms with Crippen LogP contribution in [0.5, 0.6) is 0 Å². The Morgan fingerprint density at radius 3 is 2.13 bits per heavy atom. The molecule has 39 heavy (non-hydrogen) atoms. The Bertz CT molecular complexity index is 1020. The molecule has 1 fully saturated rings. The van der Waals surface area contributed by atoms with Gasteiger partial charge in [0.25, 0.3) is 5.56 Å². The van der Waals surface area contributed by atoms with Gasteiger partial charge in [-0.15, -0.1) is 0 Å². The second kappa shape index (κ2) is 15.6. The van der Waals surface area contributed by atoms with E-state index in [1.807, 2.05) is 13.8 Å². The number of unbranched alkanes of at least 4 members (excludes halogenated alkanes) is 2. The van der Waals surface area contributed by atoms with Crippen LogP contribution in [-0.2, 0) is 28.5 Å². The average molecular weight is 577 g/mol. The van der Waals surface area contributed by atoms with Gasteiger partial charge < -0.3 is 29.2 Å². The van der Waals surface area contributed by atoms with Crippen LogP contribution in [0.25, 0.3) is 0 Å². The van der Waals surface area contributed by atoms with Crippen molar-refractivity contribution in [2.75, 3.05) is 19.6 Å². The van der Waals surface area contributed by atoms with E-state index in [0.29, 0.717) is 0 Å². The predicted molar refractivity (Wildman–Crippen MR) is 142 cm³/mol. The van der Waals surface area contributed by atoms with Crippen molar-refractivity contribution >= 4 is 20.2 Å². The van der Waals surface area contributed by atoms with Crippen molar-refractivity contribution in [2.45, 2.75) is 96.6 Å². The zero-order chi connectivity index (χ0) is 29.2. The van der Waals surface area contributed by atoms with Crippen molar-refractivity contribution in [3.8, 4) is 0 Å². The number of esters is 2. The van der Waals surface area contributed by atoms with Crippen LogP contribution in [0.2, 0.25) is 0 Å². The minimum atomic E-state index is -1.78. The molecule has 1 saturated heterocycles. The first-order chi connectivity index (χ1) is 18.4. The van der Waals surface area contributed by atoms with Gasteiger partial charge in [0.15, 0.2) is 12.0 Å². The van der Waals surface area contributed by atoms with Gasteiger partial charge in [0.1, 0.15) is 24.3 Å². The molecule has 1 aromatic heterocycles. The summed E-state index contributed by atoms with van der Waals surface area (Å²) in [6.07, 6.45) is -0.335. The molecule has 6 atom stereocenters. The zero-order valence-corrected chi connectivity index (χ0v) is 23.9. The van der Waals surface area contributed by atoms with Crippen molar-refractivity contribution < 1.29 is 38.7 Å². The molecule has 0 radical (unpaired) electrons. The molecule has 0 bridgehead atoms. The van der Waals surface area contributed by atoms with Crippen LogP contribution in [0.4, 0.5) is 0 Å². The maximum atomic E-state index is 12.4. The lowest BCUT2D eigenvalue weighted by Gasteiger charge is -2.32. The van der Waals surface area contributed by atoms with Crippen molar-refractivity contribution in [1.82, 2.24) is 19.7 Å². The fourth-order valence-electron chi connectivity index (χ4n) is 3.58. The summed E-state index contributed by atoms with van der Waals surface area (Å²) in [4.78, 5) is 50.5. The highest BCUT2D eigenvalue weighted by Gasteiger charge is 2.53. The standard InChI is InChI=1S/C24H41N4O10P/c1-6-8-12-35-21(32)15(3)26-39(27-16(4)22(33)36-13-9-7-2)14-37-24(5)19(31)18(30)20(38-24)28-11-10-17(29)25-23(28)34/h10-11,15-16,18-20,26-27,30-31H,6-9,12-14H2,1-5H3,(H,25,29,34)/t15-,16-,18+,19-,20+,24-/m0/s1. The van der Waals surface area contributed by atoms with Crippen LogP contribution in [-0.4, -0.2) is 81.3 Å². The number of ether oxygens (including phenoxy) is 4. The summed E-state index contributed by atoms with van der Waals surface area (Å²) in [7, 11) is -1.61. The summed E-state index contributed by atoms with van der Waals surface area (Å²) in [6, 6.07) is -0.435. The van der Waals surface area contributed by atoms with E-state index in [1.54, 1.807) is 13.8 Å². The first kappa shape index (κ1) is 33.0.